The van der Waals surface area contributed by atoms with Gasteiger partial charge in [-0.3, -0.25) is 0 Å². The fourth-order valence-electron chi connectivity index (χ4n) is 0.951. The lowest BCUT2D eigenvalue weighted by Crippen LogP contribution is -2.13. The summed E-state index contributed by atoms with van der Waals surface area (Å²) in [5, 5.41) is 11.6. The highest BCUT2D eigenvalue weighted by Gasteiger charge is 2.04. The van der Waals surface area contributed by atoms with Crippen LogP contribution in [-0.2, 0) is 0 Å². The third kappa shape index (κ3) is 1.79. The van der Waals surface area contributed by atoms with Crippen molar-refractivity contribution in [3.05, 3.63) is 35.9 Å². The molecule has 0 aliphatic rings. The molecule has 1 N–H and O–H groups in total. The van der Waals surface area contributed by atoms with Crippen molar-refractivity contribution < 1.29 is 0 Å². The smallest absolute Gasteiger partial charge is 0.121 e. The molecule has 0 aliphatic heterocycles. The monoisotopic (exact) mass is 146 g/mol. The van der Waals surface area contributed by atoms with Crippen molar-refractivity contribution >= 4 is 0 Å². The van der Waals surface area contributed by atoms with Gasteiger partial charge in [-0.05, 0) is 12.6 Å². The zero-order chi connectivity index (χ0) is 8.10. The number of nitrogens with one attached hydrogen (secondary N) is 1. The van der Waals surface area contributed by atoms with Crippen molar-refractivity contribution in [1.29, 1.82) is 5.26 Å². The molecule has 0 radical (unpaired) electrons. The number of benzene rings is 1. The molecule has 0 spiro atoms. The third-order valence-corrected chi connectivity index (χ3v) is 1.55. The Balaban J connectivity index is 2.85. The van der Waals surface area contributed by atoms with E-state index >= 15 is 0 Å². The highest BCUT2D eigenvalue weighted by Crippen LogP contribution is 2.09. The zero-order valence-electron chi connectivity index (χ0n) is 6.41. The van der Waals surface area contributed by atoms with E-state index in [0.29, 0.717) is 0 Å². The van der Waals surface area contributed by atoms with Crippen molar-refractivity contribution in [2.45, 2.75) is 6.04 Å². The van der Waals surface area contributed by atoms with E-state index in [4.69, 9.17) is 5.26 Å². The van der Waals surface area contributed by atoms with E-state index in [2.05, 4.69) is 11.4 Å². The molecule has 2 heteroatoms. The molecule has 0 amide bonds. The van der Waals surface area contributed by atoms with Crippen LogP contribution in [0.2, 0.25) is 0 Å². The molecule has 0 unspecified atom stereocenters. The fraction of sp³-hybridized carbons (Fsp3) is 0.222. The van der Waals surface area contributed by atoms with Gasteiger partial charge in [-0.1, -0.05) is 30.3 Å². The van der Waals surface area contributed by atoms with Gasteiger partial charge in [0.1, 0.15) is 6.04 Å². The van der Waals surface area contributed by atoms with Crippen molar-refractivity contribution in [2.24, 2.45) is 0 Å². The Kier molecular flexibility index (Phi) is 2.65. The molecular weight excluding hydrogens is 136 g/mol. The second kappa shape index (κ2) is 3.75. The lowest BCUT2D eigenvalue weighted by molar-refractivity contribution is 0.727. The fourth-order valence-corrected chi connectivity index (χ4v) is 0.951. The summed E-state index contributed by atoms with van der Waals surface area (Å²) in [4.78, 5) is 0. The van der Waals surface area contributed by atoms with Gasteiger partial charge in [-0.15, -0.1) is 0 Å². The van der Waals surface area contributed by atoms with E-state index in [1.54, 1.807) is 7.05 Å². The number of nitriles is 1. The molecule has 1 aromatic rings. The Morgan fingerprint density at radius 3 is 2.45 bits per heavy atom. The van der Waals surface area contributed by atoms with Gasteiger partial charge < -0.3 is 5.32 Å². The summed E-state index contributed by atoms with van der Waals surface area (Å²) in [6, 6.07) is 11.6. The van der Waals surface area contributed by atoms with Crippen LogP contribution in [0.15, 0.2) is 30.3 Å². The maximum Gasteiger partial charge on any atom is 0.121 e. The van der Waals surface area contributed by atoms with Gasteiger partial charge in [-0.25, -0.2) is 0 Å². The Morgan fingerprint density at radius 2 is 2.00 bits per heavy atom. The summed E-state index contributed by atoms with van der Waals surface area (Å²) < 4.78 is 0. The Bertz CT molecular complexity index is 248. The van der Waals surface area contributed by atoms with Crippen LogP contribution in [0, 0.1) is 11.3 Å². The number of hydrogen-bond acceptors (Lipinski definition) is 2. The summed E-state index contributed by atoms with van der Waals surface area (Å²) in [6.07, 6.45) is 0. The summed E-state index contributed by atoms with van der Waals surface area (Å²) in [6.45, 7) is 0. The number of rotatable bonds is 2. The molecule has 1 rings (SSSR count). The molecule has 11 heavy (non-hydrogen) atoms. The average molecular weight is 146 g/mol. The van der Waals surface area contributed by atoms with Crippen molar-refractivity contribution in [1.82, 2.24) is 5.32 Å². The first-order valence-electron chi connectivity index (χ1n) is 3.50. The minimum absolute atomic E-state index is 0.184. The van der Waals surface area contributed by atoms with Crippen molar-refractivity contribution in [3.63, 3.8) is 0 Å². The second-order valence-corrected chi connectivity index (χ2v) is 2.26. The van der Waals surface area contributed by atoms with Gasteiger partial charge >= 0.3 is 0 Å². The second-order valence-electron chi connectivity index (χ2n) is 2.26. The summed E-state index contributed by atoms with van der Waals surface area (Å²) in [7, 11) is 1.78. The molecule has 0 heterocycles. The number of nitrogens with zero attached hydrogens (tertiary/aromatic N) is 1. The molecule has 56 valence electrons. The minimum Gasteiger partial charge on any atom is -0.301 e. The normalized spacial score (nSPS) is 12.0. The van der Waals surface area contributed by atoms with Crippen LogP contribution >= 0.6 is 0 Å². The van der Waals surface area contributed by atoms with Gasteiger partial charge in [0.25, 0.3) is 0 Å². The van der Waals surface area contributed by atoms with Crippen molar-refractivity contribution in [2.75, 3.05) is 7.05 Å². The van der Waals surface area contributed by atoms with Crippen LogP contribution in [0.25, 0.3) is 0 Å². The molecule has 0 fully saturated rings. The molecule has 1 aromatic carbocycles. The van der Waals surface area contributed by atoms with Crippen LogP contribution in [-0.4, -0.2) is 7.05 Å². The zero-order valence-corrected chi connectivity index (χ0v) is 6.41. The van der Waals surface area contributed by atoms with Crippen LogP contribution in [0.1, 0.15) is 11.6 Å². The largest absolute Gasteiger partial charge is 0.301 e. The highest BCUT2D eigenvalue weighted by molar-refractivity contribution is 5.23. The van der Waals surface area contributed by atoms with Crippen LogP contribution < -0.4 is 5.32 Å². The van der Waals surface area contributed by atoms with Gasteiger partial charge in [0.2, 0.25) is 0 Å². The highest BCUT2D eigenvalue weighted by atomic mass is 14.9. The maximum absolute atomic E-state index is 8.67. The molecular formula is C9H10N2. The molecule has 0 aromatic heterocycles. The van der Waals surface area contributed by atoms with E-state index in [9.17, 15) is 0 Å². The van der Waals surface area contributed by atoms with E-state index in [0.717, 1.165) is 5.56 Å². The van der Waals surface area contributed by atoms with Crippen molar-refractivity contribution in [3.8, 4) is 6.07 Å². The lowest BCUT2D eigenvalue weighted by atomic mass is 10.1. The first-order valence-corrected chi connectivity index (χ1v) is 3.50. The number of hydrogen-bond donors (Lipinski definition) is 1. The summed E-state index contributed by atoms with van der Waals surface area (Å²) in [5.41, 5.74) is 1.01. The summed E-state index contributed by atoms with van der Waals surface area (Å²) in [5.74, 6) is 0. The van der Waals surface area contributed by atoms with Crippen LogP contribution in [0.4, 0.5) is 0 Å². The first kappa shape index (κ1) is 7.77. The van der Waals surface area contributed by atoms with Gasteiger partial charge in [0.15, 0.2) is 0 Å². The van der Waals surface area contributed by atoms with Crippen LogP contribution in [0.5, 0.6) is 0 Å². The van der Waals surface area contributed by atoms with E-state index in [-0.39, 0.29) is 6.04 Å². The molecule has 0 saturated heterocycles. The van der Waals surface area contributed by atoms with E-state index in [1.807, 2.05) is 30.3 Å². The van der Waals surface area contributed by atoms with E-state index in [1.165, 1.54) is 0 Å². The van der Waals surface area contributed by atoms with E-state index < -0.39 is 0 Å². The van der Waals surface area contributed by atoms with Gasteiger partial charge in [0, 0.05) is 0 Å². The third-order valence-electron chi connectivity index (χ3n) is 1.55. The first-order chi connectivity index (χ1) is 5.38. The molecule has 0 aliphatic carbocycles. The quantitative estimate of drug-likeness (QED) is 0.685. The maximum atomic E-state index is 8.67. The molecule has 0 saturated carbocycles. The topological polar surface area (TPSA) is 35.8 Å². The molecule has 2 nitrogen and oxygen atoms in total. The Hall–Kier alpha value is -1.33. The van der Waals surface area contributed by atoms with Gasteiger partial charge in [-0.2, -0.15) is 5.26 Å². The minimum atomic E-state index is -0.184. The molecule has 1 atom stereocenters. The standard InChI is InChI=1S/C9H10N2/c1-11-9(7-10)8-5-3-2-4-6-8/h2-6,9,11H,1H3/t9-/m0/s1. The Morgan fingerprint density at radius 1 is 1.36 bits per heavy atom. The average Bonchev–Trinajstić information content (AvgIpc) is 2.09. The van der Waals surface area contributed by atoms with Crippen LogP contribution in [0.3, 0.4) is 0 Å². The SMILES string of the molecule is CN[C@@H](C#N)c1ccccc1. The predicted molar refractivity (Wildman–Crippen MR) is 43.9 cm³/mol. The predicted octanol–water partition coefficient (Wildman–Crippen LogP) is 1.47. The van der Waals surface area contributed by atoms with Gasteiger partial charge in [0.05, 0.1) is 6.07 Å². The lowest BCUT2D eigenvalue weighted by Gasteiger charge is -2.05. The Labute approximate surface area is 66.5 Å². The summed E-state index contributed by atoms with van der Waals surface area (Å²) >= 11 is 0. The molecule has 0 bridgehead atoms.